The van der Waals surface area contributed by atoms with E-state index in [1.165, 1.54) is 6.92 Å². The molecule has 0 aliphatic rings. The van der Waals surface area contributed by atoms with Crippen LogP contribution in [-0.4, -0.2) is 65.1 Å². The number of aliphatic hydroxyl groups is 1. The lowest BCUT2D eigenvalue weighted by atomic mass is 10.0. The van der Waals surface area contributed by atoms with E-state index in [2.05, 4.69) is 56.4 Å². The van der Waals surface area contributed by atoms with Crippen LogP contribution in [-0.2, 0) is 37.0 Å². The number of carbonyl (C=O) groups is 5. The molecule has 2 unspecified atom stereocenters. The summed E-state index contributed by atoms with van der Waals surface area (Å²) >= 11 is 3.07. The Morgan fingerprint density at radius 2 is 1.53 bits per heavy atom. The van der Waals surface area contributed by atoms with Gasteiger partial charge in [0.2, 0.25) is 29.5 Å². The highest BCUT2D eigenvalue weighted by atomic mass is 79.9. The van der Waals surface area contributed by atoms with Crippen molar-refractivity contribution in [3.05, 3.63) is 65.2 Å². The van der Waals surface area contributed by atoms with E-state index in [4.69, 9.17) is 0 Å². The highest BCUT2D eigenvalue weighted by Gasteiger charge is 2.22. The number of nitrogens with one attached hydrogen (secondary N) is 5. The second-order valence-electron chi connectivity index (χ2n) is 11.3. The third-order valence-corrected chi connectivity index (χ3v) is 7.52. The number of unbranched alkanes of at least 4 members (excludes halogenated alkanes) is 1. The van der Waals surface area contributed by atoms with Crippen LogP contribution < -0.4 is 26.6 Å². The Morgan fingerprint density at radius 3 is 2.20 bits per heavy atom. The van der Waals surface area contributed by atoms with E-state index in [-0.39, 0.29) is 30.3 Å². The fourth-order valence-corrected chi connectivity index (χ4v) is 4.60. The number of alkyl halides is 1. The highest BCUT2D eigenvalue weighted by Crippen LogP contribution is 2.20. The number of halogens is 1. The second kappa shape index (κ2) is 20.3. The fraction of sp³-hybridized carbons (Fsp3) is 0.485. The predicted molar refractivity (Wildman–Crippen MR) is 178 cm³/mol. The number of anilines is 1. The average Bonchev–Trinajstić information content (AvgIpc) is 3.02. The average molecular weight is 689 g/mol. The molecular formula is C33H46BrN5O6. The molecule has 0 saturated carbocycles. The Balaban J connectivity index is 1.82. The van der Waals surface area contributed by atoms with E-state index < -0.39 is 29.8 Å². The van der Waals surface area contributed by atoms with Gasteiger partial charge < -0.3 is 31.7 Å². The summed E-state index contributed by atoms with van der Waals surface area (Å²) in [5.41, 5.74) is 3.09. The summed E-state index contributed by atoms with van der Waals surface area (Å²) < 4.78 is 0. The first-order valence-electron chi connectivity index (χ1n) is 15.3. The van der Waals surface area contributed by atoms with Crippen molar-refractivity contribution in [3.63, 3.8) is 0 Å². The van der Waals surface area contributed by atoms with Gasteiger partial charge in [-0.05, 0) is 62.1 Å². The lowest BCUT2D eigenvalue weighted by Gasteiger charge is -2.19. The molecule has 6 N–H and O–H groups in total. The Bertz CT molecular complexity index is 1270. The molecule has 12 heteroatoms. The molecule has 2 rings (SSSR count). The van der Waals surface area contributed by atoms with Crippen LogP contribution in [0.3, 0.4) is 0 Å². The predicted octanol–water partition coefficient (Wildman–Crippen LogP) is 2.93. The van der Waals surface area contributed by atoms with Gasteiger partial charge in [0.05, 0.1) is 18.5 Å². The smallest absolute Gasteiger partial charge is 0.246 e. The van der Waals surface area contributed by atoms with Crippen LogP contribution in [0, 0.1) is 5.92 Å². The van der Waals surface area contributed by atoms with Gasteiger partial charge in [-0.1, -0.05) is 72.2 Å². The van der Waals surface area contributed by atoms with Crippen LogP contribution in [0.25, 0.3) is 0 Å². The van der Waals surface area contributed by atoms with Crippen molar-refractivity contribution in [2.45, 2.75) is 78.0 Å². The molecule has 246 valence electrons. The zero-order chi connectivity index (χ0) is 33.2. The SMILES string of the molecule is CC(C)CCC(=O)NCCCCC(NC(=O)CBr)C(=O)NCC(=O)NC(C)C(=O)Nc1ccc(Cc2ccccc2)cc1CO. The van der Waals surface area contributed by atoms with Gasteiger partial charge in [0.1, 0.15) is 12.1 Å². The van der Waals surface area contributed by atoms with Crippen LogP contribution >= 0.6 is 15.9 Å². The number of carbonyl (C=O) groups excluding carboxylic acids is 5. The second-order valence-corrected chi connectivity index (χ2v) is 11.9. The standard InChI is InChI=1S/C33H46BrN5O6/c1-22(2)12-15-29(41)35-16-8-7-11-28(38-30(42)19-34)33(45)36-20-31(43)37-23(3)32(44)39-27-14-13-25(18-26(27)21-40)17-24-9-5-4-6-10-24/h4-6,9-10,13-14,18,22-23,28,40H,7-8,11-12,15-17,19-21H2,1-3H3,(H,35,41)(H,36,45)(H,37,43)(H,38,42)(H,39,44). The quantitative estimate of drug-likeness (QED) is 0.0982. The van der Waals surface area contributed by atoms with E-state index >= 15 is 0 Å². The number of hydrogen-bond donors (Lipinski definition) is 6. The van der Waals surface area contributed by atoms with Gasteiger partial charge in [-0.25, -0.2) is 0 Å². The van der Waals surface area contributed by atoms with Crippen molar-refractivity contribution >= 4 is 51.2 Å². The number of hydrogen-bond acceptors (Lipinski definition) is 6. The Labute approximate surface area is 273 Å². The molecule has 0 aliphatic heterocycles. The number of amides is 5. The monoisotopic (exact) mass is 687 g/mol. The van der Waals surface area contributed by atoms with Gasteiger partial charge >= 0.3 is 0 Å². The molecule has 5 amide bonds. The first kappa shape index (κ1) is 37.4. The lowest BCUT2D eigenvalue weighted by molar-refractivity contribution is -0.130. The molecule has 2 aromatic carbocycles. The minimum absolute atomic E-state index is 0.00918. The summed E-state index contributed by atoms with van der Waals surface area (Å²) in [6.07, 6.45) is 3.48. The van der Waals surface area contributed by atoms with Crippen LogP contribution in [0.4, 0.5) is 5.69 Å². The Hall–Kier alpha value is -3.77. The van der Waals surface area contributed by atoms with Crippen molar-refractivity contribution in [1.29, 1.82) is 0 Å². The Kier molecular flexibility index (Phi) is 16.9. The van der Waals surface area contributed by atoms with Crippen LogP contribution in [0.15, 0.2) is 48.5 Å². The lowest BCUT2D eigenvalue weighted by Crippen LogP contribution is -2.51. The molecule has 0 aliphatic carbocycles. The van der Waals surface area contributed by atoms with E-state index in [1.807, 2.05) is 42.5 Å². The molecule has 0 saturated heterocycles. The van der Waals surface area contributed by atoms with Gasteiger partial charge in [-0.3, -0.25) is 24.0 Å². The molecular weight excluding hydrogens is 642 g/mol. The molecule has 45 heavy (non-hydrogen) atoms. The first-order valence-corrected chi connectivity index (χ1v) is 16.4. The molecule has 0 aromatic heterocycles. The molecule has 2 aromatic rings. The highest BCUT2D eigenvalue weighted by molar-refractivity contribution is 9.09. The van der Waals surface area contributed by atoms with Crippen molar-refractivity contribution < 1.29 is 29.1 Å². The van der Waals surface area contributed by atoms with Crippen LogP contribution in [0.1, 0.15) is 69.6 Å². The summed E-state index contributed by atoms with van der Waals surface area (Å²) in [6.45, 7) is 5.44. The van der Waals surface area contributed by atoms with E-state index in [0.29, 0.717) is 55.8 Å². The van der Waals surface area contributed by atoms with Gasteiger partial charge in [-0.15, -0.1) is 0 Å². The summed E-state index contributed by atoms with van der Waals surface area (Å²) in [4.78, 5) is 62.0. The third kappa shape index (κ3) is 14.7. The minimum Gasteiger partial charge on any atom is -0.392 e. The largest absolute Gasteiger partial charge is 0.392 e. The maximum Gasteiger partial charge on any atom is 0.246 e. The van der Waals surface area contributed by atoms with Crippen LogP contribution in [0.5, 0.6) is 0 Å². The van der Waals surface area contributed by atoms with Crippen molar-refractivity contribution in [1.82, 2.24) is 21.3 Å². The van der Waals surface area contributed by atoms with Gasteiger partial charge in [0.25, 0.3) is 0 Å². The molecule has 11 nitrogen and oxygen atoms in total. The summed E-state index contributed by atoms with van der Waals surface area (Å²) in [7, 11) is 0. The molecule has 0 heterocycles. The molecule has 0 spiro atoms. The zero-order valence-electron chi connectivity index (χ0n) is 26.3. The number of benzene rings is 2. The van der Waals surface area contributed by atoms with Crippen molar-refractivity contribution in [2.75, 3.05) is 23.7 Å². The summed E-state index contributed by atoms with van der Waals surface area (Å²) in [5, 5.41) is 23.2. The van der Waals surface area contributed by atoms with Gasteiger partial charge in [0.15, 0.2) is 0 Å². The summed E-state index contributed by atoms with van der Waals surface area (Å²) in [5.74, 6) is -1.53. The van der Waals surface area contributed by atoms with Crippen LogP contribution in [0.2, 0.25) is 0 Å². The maximum atomic E-state index is 12.8. The Morgan fingerprint density at radius 1 is 0.800 bits per heavy atom. The molecule has 0 bridgehead atoms. The van der Waals surface area contributed by atoms with Crippen molar-refractivity contribution in [3.8, 4) is 0 Å². The van der Waals surface area contributed by atoms with Gasteiger partial charge in [-0.2, -0.15) is 0 Å². The van der Waals surface area contributed by atoms with E-state index in [0.717, 1.165) is 17.5 Å². The molecule has 2 atom stereocenters. The normalized spacial score (nSPS) is 12.1. The third-order valence-electron chi connectivity index (χ3n) is 7.01. The van der Waals surface area contributed by atoms with Crippen molar-refractivity contribution in [2.24, 2.45) is 5.92 Å². The van der Waals surface area contributed by atoms with Gasteiger partial charge in [0, 0.05) is 24.2 Å². The molecule has 0 radical (unpaired) electrons. The topological polar surface area (TPSA) is 166 Å². The number of rotatable bonds is 19. The number of aliphatic hydroxyl groups excluding tert-OH is 1. The molecule has 0 fully saturated rings. The minimum atomic E-state index is -0.926. The zero-order valence-corrected chi connectivity index (χ0v) is 27.9. The maximum absolute atomic E-state index is 12.8. The summed E-state index contributed by atoms with van der Waals surface area (Å²) in [6, 6.07) is 13.5. The van der Waals surface area contributed by atoms with E-state index in [1.54, 1.807) is 6.07 Å². The first-order chi connectivity index (χ1) is 21.5. The van der Waals surface area contributed by atoms with E-state index in [9.17, 15) is 29.1 Å². The fourth-order valence-electron chi connectivity index (χ4n) is 4.44.